The number of benzene rings is 1. The minimum absolute atomic E-state index is 0.129. The normalized spacial score (nSPS) is 16.1. The van der Waals surface area contributed by atoms with Crippen molar-refractivity contribution in [3.05, 3.63) is 41.0 Å². The molecule has 1 amide bonds. The van der Waals surface area contributed by atoms with E-state index in [2.05, 4.69) is 15.2 Å². The molecule has 1 N–H and O–H groups in total. The Kier molecular flexibility index (Phi) is 5.34. The molecule has 142 valence electrons. The van der Waals surface area contributed by atoms with E-state index in [1.54, 1.807) is 18.3 Å². The van der Waals surface area contributed by atoms with Crippen molar-refractivity contribution in [3.8, 4) is 11.5 Å². The maximum absolute atomic E-state index is 12.4. The van der Waals surface area contributed by atoms with Crippen LogP contribution in [0.1, 0.15) is 24.8 Å². The monoisotopic (exact) mass is 387 g/mol. The Morgan fingerprint density at radius 3 is 2.74 bits per heavy atom. The van der Waals surface area contributed by atoms with Gasteiger partial charge in [0.15, 0.2) is 11.5 Å². The SMILES string of the molecule is O=C(Cc1cc(Cl)c2c(c1)OCCO2)Nc1ccc(N2CCCCC2)nc1. The van der Waals surface area contributed by atoms with E-state index in [9.17, 15) is 4.79 Å². The van der Waals surface area contributed by atoms with Crippen LogP contribution in [0.2, 0.25) is 5.02 Å². The number of rotatable bonds is 4. The summed E-state index contributed by atoms with van der Waals surface area (Å²) in [7, 11) is 0. The molecule has 1 saturated heterocycles. The van der Waals surface area contributed by atoms with Gasteiger partial charge >= 0.3 is 0 Å². The van der Waals surface area contributed by atoms with Gasteiger partial charge in [-0.15, -0.1) is 0 Å². The van der Waals surface area contributed by atoms with Crippen molar-refractivity contribution < 1.29 is 14.3 Å². The van der Waals surface area contributed by atoms with E-state index in [0.717, 1.165) is 24.5 Å². The first-order valence-corrected chi connectivity index (χ1v) is 9.66. The van der Waals surface area contributed by atoms with Crippen molar-refractivity contribution in [2.75, 3.05) is 36.5 Å². The minimum atomic E-state index is -0.129. The number of nitrogens with one attached hydrogen (secondary N) is 1. The number of carbonyl (C=O) groups is 1. The molecule has 0 unspecified atom stereocenters. The van der Waals surface area contributed by atoms with Gasteiger partial charge in [0.1, 0.15) is 19.0 Å². The van der Waals surface area contributed by atoms with Crippen molar-refractivity contribution in [1.29, 1.82) is 0 Å². The Balaban J connectivity index is 1.38. The molecular formula is C20H22ClN3O3. The summed E-state index contributed by atoms with van der Waals surface area (Å²) < 4.78 is 11.1. The molecule has 7 heteroatoms. The third-order valence-electron chi connectivity index (χ3n) is 4.73. The smallest absolute Gasteiger partial charge is 0.228 e. The van der Waals surface area contributed by atoms with E-state index in [1.165, 1.54) is 19.3 Å². The minimum Gasteiger partial charge on any atom is -0.486 e. The molecule has 27 heavy (non-hydrogen) atoms. The van der Waals surface area contributed by atoms with Gasteiger partial charge < -0.3 is 19.7 Å². The van der Waals surface area contributed by atoms with E-state index in [4.69, 9.17) is 21.1 Å². The second-order valence-corrected chi connectivity index (χ2v) is 7.19. The summed E-state index contributed by atoms with van der Waals surface area (Å²) >= 11 is 6.23. The van der Waals surface area contributed by atoms with Crippen LogP contribution in [0.25, 0.3) is 0 Å². The molecule has 2 aromatic rings. The molecule has 0 radical (unpaired) electrons. The van der Waals surface area contributed by atoms with Crippen LogP contribution in [0.5, 0.6) is 11.5 Å². The molecule has 0 saturated carbocycles. The molecular weight excluding hydrogens is 366 g/mol. The average Bonchev–Trinajstić information content (AvgIpc) is 2.69. The van der Waals surface area contributed by atoms with Gasteiger partial charge in [0.25, 0.3) is 0 Å². The Labute approximate surface area is 163 Å². The molecule has 1 aromatic carbocycles. The highest BCUT2D eigenvalue weighted by molar-refractivity contribution is 6.32. The zero-order valence-electron chi connectivity index (χ0n) is 15.0. The molecule has 4 rings (SSSR count). The van der Waals surface area contributed by atoms with Crippen molar-refractivity contribution in [2.45, 2.75) is 25.7 Å². The summed E-state index contributed by atoms with van der Waals surface area (Å²) in [5.74, 6) is 1.97. The Bertz CT molecular complexity index is 820. The molecule has 2 aliphatic heterocycles. The van der Waals surface area contributed by atoms with E-state index < -0.39 is 0 Å². The van der Waals surface area contributed by atoms with Crippen molar-refractivity contribution in [2.24, 2.45) is 0 Å². The number of hydrogen-bond donors (Lipinski definition) is 1. The summed E-state index contributed by atoms with van der Waals surface area (Å²) in [5.41, 5.74) is 1.46. The maximum Gasteiger partial charge on any atom is 0.228 e. The summed E-state index contributed by atoms with van der Waals surface area (Å²) in [5, 5.41) is 3.35. The largest absolute Gasteiger partial charge is 0.486 e. The van der Waals surface area contributed by atoms with Gasteiger partial charge in [0, 0.05) is 13.1 Å². The number of halogens is 1. The quantitative estimate of drug-likeness (QED) is 0.867. The van der Waals surface area contributed by atoms with Crippen LogP contribution < -0.4 is 19.7 Å². The molecule has 0 spiro atoms. The molecule has 6 nitrogen and oxygen atoms in total. The van der Waals surface area contributed by atoms with Gasteiger partial charge in [-0.2, -0.15) is 0 Å². The number of piperidine rings is 1. The fourth-order valence-corrected chi connectivity index (χ4v) is 3.71. The number of nitrogens with zero attached hydrogens (tertiary/aromatic N) is 2. The standard InChI is InChI=1S/C20H22ClN3O3/c21-16-10-14(11-17-20(16)27-9-8-26-17)12-19(25)23-15-4-5-18(22-13-15)24-6-2-1-3-7-24/h4-5,10-11,13H,1-3,6-9,12H2,(H,23,25). The zero-order valence-corrected chi connectivity index (χ0v) is 15.8. The van der Waals surface area contributed by atoms with Crippen LogP contribution >= 0.6 is 11.6 Å². The fourth-order valence-electron chi connectivity index (χ4n) is 3.43. The van der Waals surface area contributed by atoms with Gasteiger partial charge in [-0.1, -0.05) is 11.6 Å². The van der Waals surface area contributed by atoms with Gasteiger partial charge in [-0.05, 0) is 49.1 Å². The lowest BCUT2D eigenvalue weighted by molar-refractivity contribution is -0.115. The third kappa shape index (κ3) is 4.27. The number of ether oxygens (including phenoxy) is 2. The Hall–Kier alpha value is -2.47. The highest BCUT2D eigenvalue weighted by Crippen LogP contribution is 2.38. The Morgan fingerprint density at radius 2 is 1.96 bits per heavy atom. The lowest BCUT2D eigenvalue weighted by Crippen LogP contribution is -2.30. The Morgan fingerprint density at radius 1 is 1.15 bits per heavy atom. The first-order chi connectivity index (χ1) is 13.2. The molecule has 0 atom stereocenters. The molecule has 3 heterocycles. The predicted octanol–water partition coefficient (Wildman–Crippen LogP) is 3.68. The number of pyridine rings is 1. The van der Waals surface area contributed by atoms with Gasteiger partial charge in [0.05, 0.1) is 23.3 Å². The summed E-state index contributed by atoms with van der Waals surface area (Å²) in [6, 6.07) is 7.40. The highest BCUT2D eigenvalue weighted by atomic mass is 35.5. The van der Waals surface area contributed by atoms with Crippen molar-refractivity contribution in [1.82, 2.24) is 4.98 Å². The summed E-state index contributed by atoms with van der Waals surface area (Å²) in [6.45, 7) is 3.05. The van der Waals surface area contributed by atoms with E-state index in [1.807, 2.05) is 12.1 Å². The van der Waals surface area contributed by atoms with Crippen LogP contribution in [0, 0.1) is 0 Å². The fraction of sp³-hybridized carbons (Fsp3) is 0.400. The molecule has 0 bridgehead atoms. The lowest BCUT2D eigenvalue weighted by atomic mass is 10.1. The second kappa shape index (κ2) is 8.05. The number of aromatic nitrogens is 1. The highest BCUT2D eigenvalue weighted by Gasteiger charge is 2.18. The molecule has 1 fully saturated rings. The predicted molar refractivity (Wildman–Crippen MR) is 105 cm³/mol. The number of hydrogen-bond acceptors (Lipinski definition) is 5. The average molecular weight is 388 g/mol. The number of fused-ring (bicyclic) bond motifs is 1. The number of anilines is 2. The molecule has 0 aliphatic carbocycles. The first kappa shape index (κ1) is 17.9. The summed E-state index contributed by atoms with van der Waals surface area (Å²) in [4.78, 5) is 19.2. The van der Waals surface area contributed by atoms with E-state index >= 15 is 0 Å². The van der Waals surface area contributed by atoms with Crippen LogP contribution in [0.15, 0.2) is 30.5 Å². The van der Waals surface area contributed by atoms with Crippen LogP contribution in [-0.4, -0.2) is 37.2 Å². The number of amides is 1. The zero-order chi connectivity index (χ0) is 18.6. The van der Waals surface area contributed by atoms with Crippen molar-refractivity contribution in [3.63, 3.8) is 0 Å². The molecule has 1 aromatic heterocycles. The van der Waals surface area contributed by atoms with E-state index in [0.29, 0.717) is 35.4 Å². The maximum atomic E-state index is 12.4. The van der Waals surface area contributed by atoms with Crippen LogP contribution in [0.3, 0.4) is 0 Å². The topological polar surface area (TPSA) is 63.7 Å². The van der Waals surface area contributed by atoms with Gasteiger partial charge in [-0.3, -0.25) is 4.79 Å². The van der Waals surface area contributed by atoms with Gasteiger partial charge in [0.2, 0.25) is 5.91 Å². The first-order valence-electron chi connectivity index (χ1n) is 9.28. The van der Waals surface area contributed by atoms with Crippen LogP contribution in [0.4, 0.5) is 11.5 Å². The third-order valence-corrected chi connectivity index (χ3v) is 5.01. The van der Waals surface area contributed by atoms with Gasteiger partial charge in [-0.25, -0.2) is 4.98 Å². The molecule has 2 aliphatic rings. The lowest BCUT2D eigenvalue weighted by Gasteiger charge is -2.27. The number of carbonyl (C=O) groups excluding carboxylic acids is 1. The summed E-state index contributed by atoms with van der Waals surface area (Å²) in [6.07, 6.45) is 5.61. The van der Waals surface area contributed by atoms with Crippen molar-refractivity contribution >= 4 is 29.0 Å². The van der Waals surface area contributed by atoms with Crippen LogP contribution in [-0.2, 0) is 11.2 Å². The second-order valence-electron chi connectivity index (χ2n) is 6.78. The van der Waals surface area contributed by atoms with E-state index in [-0.39, 0.29) is 12.3 Å².